The van der Waals surface area contributed by atoms with Gasteiger partial charge in [0, 0.05) is 31.3 Å². The topological polar surface area (TPSA) is 91.7 Å². The average molecular weight is 544 g/mol. The first-order chi connectivity index (χ1) is 17.8. The van der Waals surface area contributed by atoms with Crippen molar-refractivity contribution in [1.82, 2.24) is 4.90 Å². The number of carbonyl (C=O) groups excluding carboxylic acids is 1. The molecule has 1 aliphatic carbocycles. The molecule has 4 rings (SSSR count). The molecule has 1 amide bonds. The van der Waals surface area contributed by atoms with Crippen molar-refractivity contribution in [2.24, 2.45) is 11.7 Å². The monoisotopic (exact) mass is 543 g/mol. The lowest BCUT2D eigenvalue weighted by Gasteiger charge is -2.27. The third-order valence-electron chi connectivity index (χ3n) is 6.28. The third kappa shape index (κ3) is 7.51. The number of halogens is 2. The molecule has 1 saturated carbocycles. The highest BCUT2D eigenvalue weighted by Gasteiger charge is 2.35. The summed E-state index contributed by atoms with van der Waals surface area (Å²) in [4.78, 5) is 15.3. The van der Waals surface area contributed by atoms with E-state index in [2.05, 4.69) is 0 Å². The van der Waals surface area contributed by atoms with E-state index >= 15 is 0 Å². The molecule has 2 aromatic carbocycles. The van der Waals surface area contributed by atoms with Crippen LogP contribution in [0.2, 0.25) is 10.0 Å². The summed E-state index contributed by atoms with van der Waals surface area (Å²) in [5.74, 6) is 0.878. The summed E-state index contributed by atoms with van der Waals surface area (Å²) >= 11 is 12.4. The van der Waals surface area contributed by atoms with Gasteiger partial charge in [-0.05, 0) is 67.1 Å². The molecule has 7 nitrogen and oxygen atoms in total. The molecular formula is C28H31Cl2N3O4. The van der Waals surface area contributed by atoms with Crippen molar-refractivity contribution in [2.45, 2.75) is 38.8 Å². The first kappa shape index (κ1) is 27.0. The largest absolute Gasteiger partial charge is 0.619 e. The molecule has 1 fully saturated rings. The van der Waals surface area contributed by atoms with Crippen molar-refractivity contribution in [2.75, 3.05) is 19.8 Å². The van der Waals surface area contributed by atoms with Crippen LogP contribution in [-0.2, 0) is 17.8 Å². The normalized spacial score (nSPS) is 13.7. The number of hydrogen-bond donors (Lipinski definition) is 1. The van der Waals surface area contributed by atoms with Crippen molar-refractivity contribution in [3.8, 4) is 11.5 Å². The van der Waals surface area contributed by atoms with Crippen LogP contribution in [0.15, 0.2) is 60.9 Å². The Morgan fingerprint density at radius 2 is 1.68 bits per heavy atom. The predicted molar refractivity (Wildman–Crippen MR) is 144 cm³/mol. The van der Waals surface area contributed by atoms with Gasteiger partial charge in [-0.25, -0.2) is 0 Å². The molecule has 196 valence electrons. The highest BCUT2D eigenvalue weighted by Crippen LogP contribution is 2.34. The van der Waals surface area contributed by atoms with Gasteiger partial charge in [0.2, 0.25) is 5.91 Å². The van der Waals surface area contributed by atoms with Gasteiger partial charge in [-0.15, -0.1) is 0 Å². The van der Waals surface area contributed by atoms with Crippen molar-refractivity contribution < 1.29 is 19.0 Å². The van der Waals surface area contributed by atoms with Gasteiger partial charge in [0.25, 0.3) is 0 Å². The van der Waals surface area contributed by atoms with Crippen molar-refractivity contribution >= 4 is 29.1 Å². The summed E-state index contributed by atoms with van der Waals surface area (Å²) < 4.78 is 12.2. The Bertz CT molecular complexity index is 1180. The number of nitrogens with zero attached hydrogens (tertiary/aromatic N) is 2. The van der Waals surface area contributed by atoms with Crippen LogP contribution in [-0.4, -0.2) is 36.6 Å². The maximum absolute atomic E-state index is 13.4. The van der Waals surface area contributed by atoms with Gasteiger partial charge in [-0.1, -0.05) is 35.3 Å². The van der Waals surface area contributed by atoms with Crippen LogP contribution in [0.5, 0.6) is 11.5 Å². The number of ether oxygens (including phenoxy) is 2. The maximum atomic E-state index is 13.4. The fraction of sp³-hybridized carbons (Fsp3) is 0.357. The van der Waals surface area contributed by atoms with E-state index in [1.807, 2.05) is 36.1 Å². The quantitative estimate of drug-likeness (QED) is 0.203. The van der Waals surface area contributed by atoms with Gasteiger partial charge < -0.3 is 25.3 Å². The van der Waals surface area contributed by atoms with Crippen LogP contribution in [0.4, 0.5) is 0 Å². The van der Waals surface area contributed by atoms with Crippen LogP contribution in [0.1, 0.15) is 29.5 Å². The standard InChI is InChI=1S/C28H31Cl2N3O4/c1-19-14-25(29)27(26(30)15-19)37-13-12-36-24-6-2-20(3-7-24)16-22(17-31)28(34)33(23-4-5-23)18-21-8-10-32(35)11-9-21/h2-3,6-11,14-15,22-23H,4-5,12-13,16-18,31H2,1H3. The first-order valence-corrected chi connectivity index (χ1v) is 13.1. The molecule has 1 aromatic heterocycles. The summed E-state index contributed by atoms with van der Waals surface area (Å²) in [6.07, 6.45) is 5.44. The summed E-state index contributed by atoms with van der Waals surface area (Å²) in [6, 6.07) is 15.0. The Kier molecular flexibility index (Phi) is 9.14. The molecule has 0 bridgehead atoms. The molecule has 1 heterocycles. The minimum absolute atomic E-state index is 0.0507. The molecule has 37 heavy (non-hydrogen) atoms. The Morgan fingerprint density at radius 1 is 1.05 bits per heavy atom. The SMILES string of the molecule is Cc1cc(Cl)c(OCCOc2ccc(CC(CN)C(=O)N(Cc3cc[n+]([O-])cc3)C3CC3)cc2)c(Cl)c1. The number of nitrogens with two attached hydrogens (primary N) is 1. The summed E-state index contributed by atoms with van der Waals surface area (Å²) in [5.41, 5.74) is 8.94. The molecule has 0 spiro atoms. The number of benzene rings is 2. The third-order valence-corrected chi connectivity index (χ3v) is 6.84. The fourth-order valence-electron chi connectivity index (χ4n) is 4.16. The smallest absolute Gasteiger partial charge is 0.227 e. The van der Waals surface area contributed by atoms with E-state index < -0.39 is 0 Å². The van der Waals surface area contributed by atoms with Crippen molar-refractivity contribution in [1.29, 1.82) is 0 Å². The van der Waals surface area contributed by atoms with E-state index in [1.165, 1.54) is 12.4 Å². The number of aryl methyl sites for hydroxylation is 1. The molecule has 2 N–H and O–H groups in total. The van der Waals surface area contributed by atoms with Crippen LogP contribution in [0.25, 0.3) is 0 Å². The zero-order valence-electron chi connectivity index (χ0n) is 20.7. The predicted octanol–water partition coefficient (Wildman–Crippen LogP) is 4.70. The average Bonchev–Trinajstić information content (AvgIpc) is 3.72. The molecule has 3 aromatic rings. The molecule has 1 unspecified atom stereocenters. The second-order valence-corrected chi connectivity index (χ2v) is 10.1. The number of hydrogen-bond acceptors (Lipinski definition) is 5. The van der Waals surface area contributed by atoms with E-state index in [1.54, 1.807) is 24.3 Å². The lowest BCUT2D eigenvalue weighted by Crippen LogP contribution is -2.41. The zero-order valence-corrected chi connectivity index (χ0v) is 22.3. The molecule has 1 aliphatic rings. The summed E-state index contributed by atoms with van der Waals surface area (Å²) in [7, 11) is 0. The van der Waals surface area contributed by atoms with E-state index in [0.29, 0.717) is 47.7 Å². The van der Waals surface area contributed by atoms with E-state index in [0.717, 1.165) is 34.3 Å². The second kappa shape index (κ2) is 12.5. The van der Waals surface area contributed by atoms with Crippen LogP contribution in [0.3, 0.4) is 0 Å². The Balaban J connectivity index is 1.29. The molecular weight excluding hydrogens is 513 g/mol. The number of pyridine rings is 1. The lowest BCUT2D eigenvalue weighted by molar-refractivity contribution is -0.605. The van der Waals surface area contributed by atoms with E-state index in [-0.39, 0.29) is 24.4 Å². The Hall–Kier alpha value is -3.00. The van der Waals surface area contributed by atoms with Crippen molar-refractivity contribution in [3.63, 3.8) is 0 Å². The number of amides is 1. The van der Waals surface area contributed by atoms with Gasteiger partial charge in [0.15, 0.2) is 18.1 Å². The number of carbonyl (C=O) groups is 1. The van der Waals surface area contributed by atoms with Gasteiger partial charge in [-0.2, -0.15) is 4.73 Å². The maximum Gasteiger partial charge on any atom is 0.227 e. The van der Waals surface area contributed by atoms with Crippen LogP contribution < -0.4 is 19.9 Å². The molecule has 0 saturated heterocycles. The Morgan fingerprint density at radius 3 is 2.27 bits per heavy atom. The number of rotatable bonds is 12. The second-order valence-electron chi connectivity index (χ2n) is 9.30. The lowest BCUT2D eigenvalue weighted by atomic mass is 9.97. The highest BCUT2D eigenvalue weighted by atomic mass is 35.5. The Labute approximate surface area is 227 Å². The molecule has 1 atom stereocenters. The summed E-state index contributed by atoms with van der Waals surface area (Å²) in [5, 5.41) is 12.3. The molecule has 0 aliphatic heterocycles. The summed E-state index contributed by atoms with van der Waals surface area (Å²) in [6.45, 7) is 3.28. The van der Waals surface area contributed by atoms with Gasteiger partial charge in [0.05, 0.1) is 16.0 Å². The first-order valence-electron chi connectivity index (χ1n) is 12.3. The minimum atomic E-state index is -0.321. The van der Waals surface area contributed by atoms with Gasteiger partial charge >= 0.3 is 0 Å². The van der Waals surface area contributed by atoms with Gasteiger partial charge in [-0.3, -0.25) is 4.79 Å². The van der Waals surface area contributed by atoms with E-state index in [9.17, 15) is 10.0 Å². The highest BCUT2D eigenvalue weighted by molar-refractivity contribution is 6.37. The van der Waals surface area contributed by atoms with Crippen LogP contribution >= 0.6 is 23.2 Å². The molecule has 9 heteroatoms. The van der Waals surface area contributed by atoms with Crippen molar-refractivity contribution in [3.05, 3.63) is 92.9 Å². The molecule has 0 radical (unpaired) electrons. The number of aromatic nitrogens is 1. The van der Waals surface area contributed by atoms with Gasteiger partial charge in [0.1, 0.15) is 19.0 Å². The van der Waals surface area contributed by atoms with Crippen LogP contribution in [0, 0.1) is 18.0 Å². The zero-order chi connectivity index (χ0) is 26.4. The van der Waals surface area contributed by atoms with E-state index in [4.69, 9.17) is 38.4 Å². The fourth-order valence-corrected chi connectivity index (χ4v) is 4.86. The minimum Gasteiger partial charge on any atom is -0.619 e.